The number of pyridine rings is 1. The molecule has 2 atom stereocenters. The summed E-state index contributed by atoms with van der Waals surface area (Å²) < 4.78 is 1.31. The van der Waals surface area contributed by atoms with Crippen LogP contribution in [0, 0.1) is 3.57 Å². The SMILES string of the molecule is CCNC(c1ccccc1I)C(C)c1ccncc1. The van der Waals surface area contributed by atoms with Gasteiger partial charge in [0.25, 0.3) is 0 Å². The van der Waals surface area contributed by atoms with E-state index in [2.05, 4.69) is 83.1 Å². The Morgan fingerprint density at radius 1 is 1.16 bits per heavy atom. The number of nitrogens with one attached hydrogen (secondary N) is 1. The molecule has 0 saturated carbocycles. The molecular weight excluding hydrogens is 347 g/mol. The molecule has 2 nitrogen and oxygen atoms in total. The van der Waals surface area contributed by atoms with Crippen LogP contribution in [0.1, 0.15) is 36.9 Å². The highest BCUT2D eigenvalue weighted by atomic mass is 127. The van der Waals surface area contributed by atoms with Gasteiger partial charge in [-0.3, -0.25) is 4.98 Å². The summed E-state index contributed by atoms with van der Waals surface area (Å²) in [7, 11) is 0. The number of hydrogen-bond donors (Lipinski definition) is 1. The summed E-state index contributed by atoms with van der Waals surface area (Å²) >= 11 is 2.42. The van der Waals surface area contributed by atoms with Gasteiger partial charge in [0.1, 0.15) is 0 Å². The number of nitrogens with zero attached hydrogens (tertiary/aromatic N) is 1. The molecule has 0 amide bonds. The first-order valence-corrected chi connectivity index (χ1v) is 7.69. The molecule has 3 heteroatoms. The van der Waals surface area contributed by atoms with Gasteiger partial charge in [0, 0.05) is 27.9 Å². The second-order valence-corrected chi connectivity index (χ2v) is 5.79. The van der Waals surface area contributed by atoms with Gasteiger partial charge in [0.05, 0.1) is 0 Å². The highest BCUT2D eigenvalue weighted by molar-refractivity contribution is 14.1. The predicted octanol–water partition coefficient (Wildman–Crippen LogP) is 4.14. The van der Waals surface area contributed by atoms with Crippen molar-refractivity contribution >= 4 is 22.6 Å². The zero-order valence-electron chi connectivity index (χ0n) is 11.3. The molecule has 19 heavy (non-hydrogen) atoms. The molecule has 0 bridgehead atoms. The van der Waals surface area contributed by atoms with Gasteiger partial charge in [-0.05, 0) is 58.5 Å². The summed E-state index contributed by atoms with van der Waals surface area (Å²) in [5.41, 5.74) is 2.69. The van der Waals surface area contributed by atoms with Crippen LogP contribution in [0.4, 0.5) is 0 Å². The number of aromatic nitrogens is 1. The van der Waals surface area contributed by atoms with Crippen LogP contribution >= 0.6 is 22.6 Å². The largest absolute Gasteiger partial charge is 0.310 e. The van der Waals surface area contributed by atoms with Crippen LogP contribution in [0.3, 0.4) is 0 Å². The minimum atomic E-state index is 0.334. The van der Waals surface area contributed by atoms with E-state index in [1.54, 1.807) is 0 Å². The second kappa shape index (κ2) is 7.01. The summed E-state index contributed by atoms with van der Waals surface area (Å²) in [4.78, 5) is 4.10. The lowest BCUT2D eigenvalue weighted by molar-refractivity contribution is 0.477. The van der Waals surface area contributed by atoms with Gasteiger partial charge < -0.3 is 5.32 Å². The second-order valence-electron chi connectivity index (χ2n) is 4.63. The highest BCUT2D eigenvalue weighted by Crippen LogP contribution is 2.32. The maximum atomic E-state index is 4.10. The first-order valence-electron chi connectivity index (χ1n) is 6.61. The molecule has 0 aliphatic carbocycles. The van der Waals surface area contributed by atoms with E-state index in [-0.39, 0.29) is 0 Å². The number of likely N-dealkylation sites (N-methyl/N-ethyl adjacent to an activating group) is 1. The maximum absolute atomic E-state index is 4.10. The van der Waals surface area contributed by atoms with E-state index in [1.807, 2.05) is 12.4 Å². The van der Waals surface area contributed by atoms with Crippen LogP contribution in [-0.4, -0.2) is 11.5 Å². The van der Waals surface area contributed by atoms with Crippen molar-refractivity contribution < 1.29 is 0 Å². The zero-order chi connectivity index (χ0) is 13.7. The normalized spacial score (nSPS) is 14.1. The molecule has 2 rings (SSSR count). The Balaban J connectivity index is 2.33. The number of rotatable bonds is 5. The number of halogens is 1. The van der Waals surface area contributed by atoms with E-state index in [4.69, 9.17) is 0 Å². The van der Waals surface area contributed by atoms with Crippen molar-refractivity contribution in [1.82, 2.24) is 10.3 Å². The maximum Gasteiger partial charge on any atom is 0.0397 e. The highest BCUT2D eigenvalue weighted by Gasteiger charge is 2.21. The molecule has 0 aliphatic rings. The topological polar surface area (TPSA) is 24.9 Å². The van der Waals surface area contributed by atoms with Crippen molar-refractivity contribution in [2.75, 3.05) is 6.54 Å². The number of hydrogen-bond acceptors (Lipinski definition) is 2. The Morgan fingerprint density at radius 2 is 1.84 bits per heavy atom. The van der Waals surface area contributed by atoms with Crippen molar-refractivity contribution in [3.8, 4) is 0 Å². The van der Waals surface area contributed by atoms with Crippen LogP contribution in [0.5, 0.6) is 0 Å². The van der Waals surface area contributed by atoms with E-state index in [0.717, 1.165) is 6.54 Å². The Kier molecular flexibility index (Phi) is 5.34. The molecule has 0 saturated heterocycles. The number of benzene rings is 1. The quantitative estimate of drug-likeness (QED) is 0.805. The van der Waals surface area contributed by atoms with Crippen LogP contribution < -0.4 is 5.32 Å². The van der Waals surface area contributed by atoms with E-state index in [1.165, 1.54) is 14.7 Å². The first-order chi connectivity index (χ1) is 9.24. The van der Waals surface area contributed by atoms with Crippen molar-refractivity contribution in [1.29, 1.82) is 0 Å². The molecule has 1 aromatic heterocycles. The van der Waals surface area contributed by atoms with Crippen molar-refractivity contribution in [3.63, 3.8) is 0 Å². The van der Waals surface area contributed by atoms with E-state index in [0.29, 0.717) is 12.0 Å². The van der Waals surface area contributed by atoms with Crippen LogP contribution in [0.25, 0.3) is 0 Å². The Morgan fingerprint density at radius 3 is 2.47 bits per heavy atom. The first kappa shape index (κ1) is 14.5. The van der Waals surface area contributed by atoms with Gasteiger partial charge in [-0.2, -0.15) is 0 Å². The fourth-order valence-corrected chi connectivity index (χ4v) is 3.09. The third kappa shape index (κ3) is 3.54. The molecule has 0 spiro atoms. The predicted molar refractivity (Wildman–Crippen MR) is 88.2 cm³/mol. The molecule has 1 aromatic carbocycles. The minimum absolute atomic E-state index is 0.334. The van der Waals surface area contributed by atoms with Gasteiger partial charge in [0.15, 0.2) is 0 Å². The molecule has 0 radical (unpaired) electrons. The summed E-state index contributed by atoms with van der Waals surface area (Å²) in [6.07, 6.45) is 3.73. The van der Waals surface area contributed by atoms with Crippen molar-refractivity contribution in [3.05, 3.63) is 63.5 Å². The van der Waals surface area contributed by atoms with Crippen molar-refractivity contribution in [2.45, 2.75) is 25.8 Å². The molecular formula is C16H19IN2. The minimum Gasteiger partial charge on any atom is -0.310 e. The molecule has 2 aromatic rings. The third-order valence-corrected chi connectivity index (χ3v) is 4.38. The van der Waals surface area contributed by atoms with Gasteiger partial charge in [-0.25, -0.2) is 0 Å². The van der Waals surface area contributed by atoms with Gasteiger partial charge in [-0.15, -0.1) is 0 Å². The molecule has 100 valence electrons. The Labute approximate surface area is 128 Å². The lowest BCUT2D eigenvalue weighted by Gasteiger charge is -2.26. The van der Waals surface area contributed by atoms with Gasteiger partial charge in [0.2, 0.25) is 0 Å². The standard InChI is InChI=1S/C16H19IN2/c1-3-19-16(14-6-4-5-7-15(14)17)12(2)13-8-10-18-11-9-13/h4-12,16,19H,3H2,1-2H3. The van der Waals surface area contributed by atoms with Gasteiger partial charge >= 0.3 is 0 Å². The summed E-state index contributed by atoms with van der Waals surface area (Å²) in [5, 5.41) is 3.61. The van der Waals surface area contributed by atoms with E-state index < -0.39 is 0 Å². The van der Waals surface area contributed by atoms with Gasteiger partial charge in [-0.1, -0.05) is 32.0 Å². The lowest BCUT2D eigenvalue weighted by atomic mass is 9.89. The van der Waals surface area contributed by atoms with Crippen LogP contribution in [0.2, 0.25) is 0 Å². The van der Waals surface area contributed by atoms with Crippen LogP contribution in [-0.2, 0) is 0 Å². The molecule has 0 aliphatic heterocycles. The summed E-state index contributed by atoms with van der Waals surface area (Å²) in [5.74, 6) is 0.416. The summed E-state index contributed by atoms with van der Waals surface area (Å²) in [6, 6.07) is 13.1. The molecule has 1 N–H and O–H groups in total. The molecule has 2 unspecified atom stereocenters. The average molecular weight is 366 g/mol. The fourth-order valence-electron chi connectivity index (χ4n) is 2.36. The summed E-state index contributed by atoms with van der Waals surface area (Å²) in [6.45, 7) is 5.39. The molecule has 1 heterocycles. The Bertz CT molecular complexity index is 513. The monoisotopic (exact) mass is 366 g/mol. The fraction of sp³-hybridized carbons (Fsp3) is 0.312. The zero-order valence-corrected chi connectivity index (χ0v) is 13.5. The molecule has 0 fully saturated rings. The van der Waals surface area contributed by atoms with Crippen molar-refractivity contribution in [2.24, 2.45) is 0 Å². The van der Waals surface area contributed by atoms with Crippen LogP contribution in [0.15, 0.2) is 48.8 Å². The third-order valence-electron chi connectivity index (χ3n) is 3.40. The smallest absolute Gasteiger partial charge is 0.0397 e. The lowest BCUT2D eigenvalue weighted by Crippen LogP contribution is -2.26. The van der Waals surface area contributed by atoms with E-state index >= 15 is 0 Å². The van der Waals surface area contributed by atoms with E-state index in [9.17, 15) is 0 Å². The Hall–Kier alpha value is -0.940. The average Bonchev–Trinajstić information content (AvgIpc) is 2.46.